The highest BCUT2D eigenvalue weighted by Gasteiger charge is 2.43. The molecule has 0 spiro atoms. The van der Waals surface area contributed by atoms with Crippen LogP contribution in [-0.4, -0.2) is 44.0 Å². The molecule has 2 unspecified atom stereocenters. The molecule has 1 aromatic carbocycles. The summed E-state index contributed by atoms with van der Waals surface area (Å²) in [5.74, 6) is 0.716. The van der Waals surface area contributed by atoms with Crippen LogP contribution < -0.4 is 5.73 Å². The van der Waals surface area contributed by atoms with Crippen LogP contribution in [0.2, 0.25) is 0 Å². The summed E-state index contributed by atoms with van der Waals surface area (Å²) in [6, 6.07) is 10.4. The van der Waals surface area contributed by atoms with Gasteiger partial charge in [-0.2, -0.15) is 0 Å². The van der Waals surface area contributed by atoms with Crippen LogP contribution in [0.25, 0.3) is 0 Å². The lowest BCUT2D eigenvalue weighted by atomic mass is 9.85. The Morgan fingerprint density at radius 3 is 2.26 bits per heavy atom. The fraction of sp³-hybridized carbons (Fsp3) is 0.571. The monoisotopic (exact) mass is 280 g/mol. The van der Waals surface area contributed by atoms with Gasteiger partial charge in [-0.3, -0.25) is 4.90 Å². The summed E-state index contributed by atoms with van der Waals surface area (Å²) in [6.45, 7) is 2.48. The van der Waals surface area contributed by atoms with Crippen molar-refractivity contribution in [2.75, 3.05) is 24.6 Å². The number of sulfone groups is 1. The van der Waals surface area contributed by atoms with E-state index in [2.05, 4.69) is 17.0 Å². The molecule has 2 saturated heterocycles. The number of likely N-dealkylation sites (tertiary alicyclic amines) is 1. The van der Waals surface area contributed by atoms with Gasteiger partial charge in [-0.15, -0.1) is 0 Å². The predicted molar refractivity (Wildman–Crippen MR) is 75.3 cm³/mol. The zero-order valence-corrected chi connectivity index (χ0v) is 11.7. The van der Waals surface area contributed by atoms with Crippen LogP contribution in [0.5, 0.6) is 0 Å². The topological polar surface area (TPSA) is 63.4 Å². The molecule has 0 aliphatic carbocycles. The summed E-state index contributed by atoms with van der Waals surface area (Å²) in [6.07, 6.45) is 0. The molecule has 3 rings (SSSR count). The van der Waals surface area contributed by atoms with E-state index in [-0.39, 0.29) is 29.4 Å². The third-order valence-corrected chi connectivity index (χ3v) is 6.13. The fourth-order valence-corrected chi connectivity index (χ4v) is 5.48. The molecule has 19 heavy (non-hydrogen) atoms. The first-order valence-electron chi connectivity index (χ1n) is 6.76. The Hall–Kier alpha value is -0.910. The molecule has 2 atom stereocenters. The molecular formula is C14H20N2O2S. The van der Waals surface area contributed by atoms with E-state index < -0.39 is 9.84 Å². The highest BCUT2D eigenvalue weighted by molar-refractivity contribution is 7.91. The van der Waals surface area contributed by atoms with E-state index in [0.717, 1.165) is 19.6 Å². The molecule has 1 aromatic rings. The van der Waals surface area contributed by atoms with Crippen LogP contribution >= 0.6 is 0 Å². The lowest BCUT2D eigenvalue weighted by molar-refractivity contribution is 0.108. The number of nitrogens with zero attached hydrogens (tertiary/aromatic N) is 1. The van der Waals surface area contributed by atoms with Gasteiger partial charge in [0.05, 0.1) is 11.5 Å². The Balaban J connectivity index is 1.72. The Labute approximate surface area is 114 Å². The van der Waals surface area contributed by atoms with Gasteiger partial charge < -0.3 is 5.73 Å². The first-order valence-corrected chi connectivity index (χ1v) is 8.58. The maximum Gasteiger partial charge on any atom is 0.151 e. The summed E-state index contributed by atoms with van der Waals surface area (Å²) in [4.78, 5) is 2.35. The smallest absolute Gasteiger partial charge is 0.151 e. The highest BCUT2D eigenvalue weighted by Crippen LogP contribution is 2.30. The normalized spacial score (nSPS) is 34.1. The number of hydrogen-bond acceptors (Lipinski definition) is 4. The first kappa shape index (κ1) is 13.1. The first-order chi connectivity index (χ1) is 9.03. The van der Waals surface area contributed by atoms with Gasteiger partial charge in [-0.05, 0) is 5.56 Å². The lowest BCUT2D eigenvalue weighted by Crippen LogP contribution is -2.60. The Morgan fingerprint density at radius 1 is 1.11 bits per heavy atom. The molecule has 0 saturated carbocycles. The van der Waals surface area contributed by atoms with Gasteiger partial charge in [-0.1, -0.05) is 30.3 Å². The van der Waals surface area contributed by atoms with E-state index >= 15 is 0 Å². The molecule has 104 valence electrons. The van der Waals surface area contributed by atoms with E-state index in [9.17, 15) is 8.42 Å². The van der Waals surface area contributed by atoms with Crippen molar-refractivity contribution in [3.8, 4) is 0 Å². The summed E-state index contributed by atoms with van der Waals surface area (Å²) in [5, 5.41) is 0. The Morgan fingerprint density at radius 2 is 1.68 bits per heavy atom. The summed E-state index contributed by atoms with van der Waals surface area (Å²) >= 11 is 0. The van der Waals surface area contributed by atoms with Gasteiger partial charge in [0.25, 0.3) is 0 Å². The van der Waals surface area contributed by atoms with Crippen molar-refractivity contribution in [1.82, 2.24) is 4.90 Å². The average Bonchev–Trinajstić information content (AvgIpc) is 2.33. The third kappa shape index (κ3) is 2.83. The van der Waals surface area contributed by atoms with Crippen molar-refractivity contribution in [3.63, 3.8) is 0 Å². The van der Waals surface area contributed by atoms with Crippen LogP contribution in [0.1, 0.15) is 5.56 Å². The molecule has 0 aromatic heterocycles. The molecule has 2 N–H and O–H groups in total. The van der Waals surface area contributed by atoms with Crippen molar-refractivity contribution in [3.05, 3.63) is 35.9 Å². The van der Waals surface area contributed by atoms with Crippen LogP contribution in [-0.2, 0) is 16.4 Å². The lowest BCUT2D eigenvalue weighted by Gasteiger charge is -2.45. The maximum absolute atomic E-state index is 11.8. The van der Waals surface area contributed by atoms with Gasteiger partial charge in [-0.25, -0.2) is 8.42 Å². The molecule has 4 nitrogen and oxygen atoms in total. The minimum absolute atomic E-state index is 0.0514. The fourth-order valence-electron chi connectivity index (χ4n) is 3.38. The van der Waals surface area contributed by atoms with Gasteiger partial charge in [0, 0.05) is 37.5 Å². The minimum Gasteiger partial charge on any atom is -0.327 e. The molecule has 2 heterocycles. The SMILES string of the molecule is NC1C2CN(Cc3ccccc3)CC1CS(=O)(=O)C2. The van der Waals surface area contributed by atoms with E-state index in [4.69, 9.17) is 5.73 Å². The third-order valence-electron chi connectivity index (χ3n) is 4.26. The highest BCUT2D eigenvalue weighted by atomic mass is 32.2. The van der Waals surface area contributed by atoms with Crippen LogP contribution in [0.15, 0.2) is 30.3 Å². The second-order valence-corrected chi connectivity index (χ2v) is 8.01. The summed E-state index contributed by atoms with van der Waals surface area (Å²) in [5.41, 5.74) is 7.45. The van der Waals surface area contributed by atoms with Crippen molar-refractivity contribution < 1.29 is 8.42 Å². The number of hydrogen-bond donors (Lipinski definition) is 1. The number of piperidine rings is 1. The minimum atomic E-state index is -2.88. The number of rotatable bonds is 2. The van der Waals surface area contributed by atoms with Crippen molar-refractivity contribution in [2.45, 2.75) is 12.6 Å². The number of benzene rings is 1. The second kappa shape index (κ2) is 4.89. The largest absolute Gasteiger partial charge is 0.327 e. The number of nitrogens with two attached hydrogens (primary N) is 1. The zero-order valence-electron chi connectivity index (χ0n) is 10.9. The van der Waals surface area contributed by atoms with Gasteiger partial charge >= 0.3 is 0 Å². The second-order valence-electron chi connectivity index (χ2n) is 5.85. The standard InChI is InChI=1S/C14H20N2O2S/c15-14-12-7-16(6-11-4-2-1-3-5-11)8-13(14)10-19(17,18)9-12/h1-5,12-14H,6-10,15H2. The molecular weight excluding hydrogens is 260 g/mol. The van der Waals surface area contributed by atoms with Crippen LogP contribution in [0.3, 0.4) is 0 Å². The van der Waals surface area contributed by atoms with Gasteiger partial charge in [0.1, 0.15) is 0 Å². The van der Waals surface area contributed by atoms with E-state index in [1.807, 2.05) is 18.2 Å². The van der Waals surface area contributed by atoms with Crippen molar-refractivity contribution in [1.29, 1.82) is 0 Å². The van der Waals surface area contributed by atoms with Crippen molar-refractivity contribution in [2.24, 2.45) is 17.6 Å². The summed E-state index contributed by atoms with van der Waals surface area (Å²) < 4.78 is 23.6. The molecule has 2 bridgehead atoms. The maximum atomic E-state index is 11.8. The molecule has 0 amide bonds. The molecule has 0 radical (unpaired) electrons. The molecule has 2 fully saturated rings. The van der Waals surface area contributed by atoms with E-state index in [1.165, 1.54) is 5.56 Å². The van der Waals surface area contributed by atoms with Gasteiger partial charge in [0.2, 0.25) is 0 Å². The predicted octanol–water partition coefficient (Wildman–Crippen LogP) is 0.490. The average molecular weight is 280 g/mol. The van der Waals surface area contributed by atoms with E-state index in [1.54, 1.807) is 0 Å². The Bertz CT molecular complexity index is 522. The van der Waals surface area contributed by atoms with Crippen molar-refractivity contribution >= 4 is 9.84 Å². The van der Waals surface area contributed by atoms with E-state index in [0.29, 0.717) is 0 Å². The molecule has 2 aliphatic heterocycles. The number of fused-ring (bicyclic) bond motifs is 2. The van der Waals surface area contributed by atoms with Crippen LogP contribution in [0, 0.1) is 11.8 Å². The summed E-state index contributed by atoms with van der Waals surface area (Å²) in [7, 11) is -2.88. The molecule has 2 aliphatic rings. The molecule has 5 heteroatoms. The Kier molecular flexibility index (Phi) is 3.37. The quantitative estimate of drug-likeness (QED) is 0.856. The van der Waals surface area contributed by atoms with Crippen LogP contribution in [0.4, 0.5) is 0 Å². The zero-order chi connectivity index (χ0) is 13.5. The van der Waals surface area contributed by atoms with Gasteiger partial charge in [0.15, 0.2) is 9.84 Å².